The number of fused-ring (bicyclic) bond motifs is 1. The van der Waals surface area contributed by atoms with Gasteiger partial charge in [0.2, 0.25) is 0 Å². The van der Waals surface area contributed by atoms with Crippen LogP contribution in [0, 0.1) is 0 Å². The first-order valence-electron chi connectivity index (χ1n) is 10.4. The number of benzene rings is 3. The van der Waals surface area contributed by atoms with Crippen LogP contribution in [0.15, 0.2) is 84.9 Å². The lowest BCUT2D eigenvalue weighted by molar-refractivity contribution is 0.302. The number of aromatic amines is 1. The molecule has 5 aromatic rings. The van der Waals surface area contributed by atoms with E-state index in [1.165, 1.54) is 0 Å². The van der Waals surface area contributed by atoms with Crippen molar-refractivity contribution < 1.29 is 4.74 Å². The van der Waals surface area contributed by atoms with Crippen molar-refractivity contribution in [2.75, 3.05) is 0 Å². The van der Waals surface area contributed by atoms with Gasteiger partial charge in [0, 0.05) is 11.8 Å². The molecule has 6 heteroatoms. The highest BCUT2D eigenvalue weighted by Crippen LogP contribution is 2.18. The van der Waals surface area contributed by atoms with Crippen molar-refractivity contribution in [1.29, 1.82) is 0 Å². The van der Waals surface area contributed by atoms with Crippen molar-refractivity contribution in [3.05, 3.63) is 113 Å². The third-order valence-electron chi connectivity index (χ3n) is 5.11. The molecule has 0 amide bonds. The maximum atomic E-state index is 5.98. The average Bonchev–Trinajstić information content (AvgIpc) is 3.35. The molecule has 0 fully saturated rings. The molecule has 0 radical (unpaired) electrons. The number of nitrogens with zero attached hydrogens (tertiary/aromatic N) is 4. The van der Waals surface area contributed by atoms with Gasteiger partial charge in [-0.05, 0) is 51.4 Å². The van der Waals surface area contributed by atoms with E-state index in [4.69, 9.17) is 4.74 Å². The lowest BCUT2D eigenvalue weighted by Crippen LogP contribution is -1.98. The Morgan fingerprint density at radius 1 is 0.812 bits per heavy atom. The van der Waals surface area contributed by atoms with Crippen molar-refractivity contribution >= 4 is 23.1 Å². The number of rotatable bonds is 7. The molecule has 0 aliphatic heterocycles. The predicted molar refractivity (Wildman–Crippen MR) is 125 cm³/mol. The zero-order chi connectivity index (χ0) is 21.6. The van der Waals surface area contributed by atoms with Crippen LogP contribution in [0.5, 0.6) is 5.75 Å². The topological polar surface area (TPSA) is 76.6 Å². The predicted octanol–water partition coefficient (Wildman–Crippen LogP) is 5.09. The van der Waals surface area contributed by atoms with Gasteiger partial charge in [0.1, 0.15) is 12.4 Å². The summed E-state index contributed by atoms with van der Waals surface area (Å²) in [7, 11) is 0. The highest BCUT2D eigenvalue weighted by atomic mass is 16.5. The average molecular weight is 419 g/mol. The molecule has 3 aromatic carbocycles. The number of para-hydroxylation sites is 1. The normalized spacial score (nSPS) is 11.2. The first-order chi connectivity index (χ1) is 15.8. The highest BCUT2D eigenvalue weighted by Gasteiger charge is 2.02. The van der Waals surface area contributed by atoms with E-state index in [-0.39, 0.29) is 0 Å². The molecule has 0 unspecified atom stereocenters. The summed E-state index contributed by atoms with van der Waals surface area (Å²) in [6, 6.07) is 28.6. The summed E-state index contributed by atoms with van der Waals surface area (Å²) < 4.78 is 5.98. The van der Waals surface area contributed by atoms with Crippen molar-refractivity contribution in [2.24, 2.45) is 0 Å². The van der Waals surface area contributed by atoms with Gasteiger partial charge >= 0.3 is 0 Å². The number of pyridine rings is 1. The Hall–Kier alpha value is -4.32. The summed E-state index contributed by atoms with van der Waals surface area (Å²) in [5.74, 6) is 1.57. The Morgan fingerprint density at radius 3 is 2.56 bits per heavy atom. The van der Waals surface area contributed by atoms with Gasteiger partial charge in [0.05, 0.1) is 11.2 Å². The first-order valence-corrected chi connectivity index (χ1v) is 10.4. The van der Waals surface area contributed by atoms with E-state index in [1.54, 1.807) is 0 Å². The van der Waals surface area contributed by atoms with Gasteiger partial charge in [0.25, 0.3) is 0 Å². The van der Waals surface area contributed by atoms with Crippen LogP contribution < -0.4 is 4.74 Å². The molecule has 2 aromatic heterocycles. The number of hydrogen-bond acceptors (Lipinski definition) is 5. The van der Waals surface area contributed by atoms with Gasteiger partial charge < -0.3 is 4.74 Å². The molecule has 156 valence electrons. The molecule has 0 atom stereocenters. The number of H-pyrrole nitrogens is 1. The minimum Gasteiger partial charge on any atom is -0.487 e. The Morgan fingerprint density at radius 2 is 1.69 bits per heavy atom. The van der Waals surface area contributed by atoms with E-state index >= 15 is 0 Å². The fourth-order valence-corrected chi connectivity index (χ4v) is 3.44. The third kappa shape index (κ3) is 4.87. The Balaban J connectivity index is 1.22. The van der Waals surface area contributed by atoms with Crippen molar-refractivity contribution in [3.63, 3.8) is 0 Å². The standard InChI is InChI=1S/C26H21N5O/c1-2-7-25-22(5-1)14-15-23(27-25)18-32-24-6-3-4-20(16-24)11-8-19-9-12-21(13-10-19)17-26-28-30-31-29-26/h1-16H,17-18H2,(H,28,29,30,31)/b11-8+. The monoisotopic (exact) mass is 419 g/mol. The number of ether oxygens (including phenoxy) is 1. The molecular weight excluding hydrogens is 398 g/mol. The zero-order valence-electron chi connectivity index (χ0n) is 17.3. The minimum atomic E-state index is 0.431. The van der Waals surface area contributed by atoms with Crippen molar-refractivity contribution in [1.82, 2.24) is 25.6 Å². The summed E-state index contributed by atoms with van der Waals surface area (Å²) in [5.41, 5.74) is 5.24. The Labute approximate surface area is 185 Å². The minimum absolute atomic E-state index is 0.431. The highest BCUT2D eigenvalue weighted by molar-refractivity contribution is 5.78. The molecule has 0 saturated carbocycles. The molecule has 0 aliphatic rings. The number of hydrogen-bond donors (Lipinski definition) is 1. The van der Waals surface area contributed by atoms with E-state index in [9.17, 15) is 0 Å². The third-order valence-corrected chi connectivity index (χ3v) is 5.11. The maximum Gasteiger partial charge on any atom is 0.152 e. The van der Waals surface area contributed by atoms with Crippen LogP contribution in [0.25, 0.3) is 23.1 Å². The van der Waals surface area contributed by atoms with E-state index in [2.05, 4.69) is 80.2 Å². The molecule has 0 bridgehead atoms. The second-order valence-electron chi connectivity index (χ2n) is 7.46. The smallest absolute Gasteiger partial charge is 0.152 e. The molecule has 2 heterocycles. The number of aromatic nitrogens is 5. The maximum absolute atomic E-state index is 5.98. The second kappa shape index (κ2) is 9.22. The van der Waals surface area contributed by atoms with Gasteiger partial charge in [-0.2, -0.15) is 0 Å². The van der Waals surface area contributed by atoms with Crippen LogP contribution in [0.4, 0.5) is 0 Å². The van der Waals surface area contributed by atoms with E-state index < -0.39 is 0 Å². The summed E-state index contributed by atoms with van der Waals surface area (Å²) in [6.45, 7) is 0.431. The van der Waals surface area contributed by atoms with E-state index in [1.807, 2.05) is 42.5 Å². The molecule has 1 N–H and O–H groups in total. The van der Waals surface area contributed by atoms with Gasteiger partial charge in [-0.3, -0.25) is 0 Å². The second-order valence-corrected chi connectivity index (χ2v) is 7.46. The van der Waals surface area contributed by atoms with Gasteiger partial charge in [-0.25, -0.2) is 10.1 Å². The molecule has 0 saturated heterocycles. The van der Waals surface area contributed by atoms with E-state index in [0.29, 0.717) is 13.0 Å². The molecular formula is C26H21N5O. The van der Waals surface area contributed by atoms with Crippen LogP contribution in [0.3, 0.4) is 0 Å². The lowest BCUT2D eigenvalue weighted by atomic mass is 10.1. The summed E-state index contributed by atoms with van der Waals surface area (Å²) in [4.78, 5) is 4.67. The quantitative estimate of drug-likeness (QED) is 0.372. The number of tetrazole rings is 1. The summed E-state index contributed by atoms with van der Waals surface area (Å²) in [6.07, 6.45) is 4.85. The molecule has 6 nitrogen and oxygen atoms in total. The molecule has 5 rings (SSSR count). The van der Waals surface area contributed by atoms with Crippen LogP contribution in [-0.2, 0) is 13.0 Å². The lowest BCUT2D eigenvalue weighted by Gasteiger charge is -2.07. The van der Waals surface area contributed by atoms with Crippen LogP contribution in [0.1, 0.15) is 28.2 Å². The molecule has 0 aliphatic carbocycles. The van der Waals surface area contributed by atoms with Gasteiger partial charge in [-0.1, -0.05) is 72.8 Å². The molecule has 0 spiro atoms. The fraction of sp³-hybridized carbons (Fsp3) is 0.0769. The van der Waals surface area contributed by atoms with Crippen molar-refractivity contribution in [2.45, 2.75) is 13.0 Å². The largest absolute Gasteiger partial charge is 0.487 e. The summed E-state index contributed by atoms with van der Waals surface area (Å²) in [5, 5.41) is 15.0. The van der Waals surface area contributed by atoms with Gasteiger partial charge in [0.15, 0.2) is 5.82 Å². The van der Waals surface area contributed by atoms with Crippen LogP contribution in [-0.4, -0.2) is 25.6 Å². The van der Waals surface area contributed by atoms with Crippen molar-refractivity contribution in [3.8, 4) is 5.75 Å². The van der Waals surface area contributed by atoms with Crippen LogP contribution in [0.2, 0.25) is 0 Å². The van der Waals surface area contributed by atoms with E-state index in [0.717, 1.165) is 44.9 Å². The Kier molecular flexibility index (Phi) is 5.66. The van der Waals surface area contributed by atoms with Gasteiger partial charge in [-0.15, -0.1) is 5.10 Å². The fourth-order valence-electron chi connectivity index (χ4n) is 3.44. The first kappa shape index (κ1) is 19.6. The van der Waals surface area contributed by atoms with Crippen LogP contribution >= 0.6 is 0 Å². The SMILES string of the molecule is C(=C\c1cccc(OCc2ccc3ccccc3n2)c1)/c1ccc(Cc2nnn[nH]2)cc1. The summed E-state index contributed by atoms with van der Waals surface area (Å²) >= 11 is 0. The molecule has 32 heavy (non-hydrogen) atoms. The zero-order valence-corrected chi connectivity index (χ0v) is 17.3. The number of nitrogens with one attached hydrogen (secondary N) is 1. The Bertz CT molecular complexity index is 1340.